The van der Waals surface area contributed by atoms with E-state index in [2.05, 4.69) is 21.7 Å². The van der Waals surface area contributed by atoms with Gasteiger partial charge in [-0.15, -0.1) is 0 Å². The second-order valence-corrected chi connectivity index (χ2v) is 25.6. The first kappa shape index (κ1) is 17.8. The molecule has 0 saturated carbocycles. The maximum absolute atomic E-state index is 12.7. The molecular weight excluding hydrogens is 365 g/mol. The van der Waals surface area contributed by atoms with Crippen molar-refractivity contribution in [2.24, 2.45) is 0 Å². The van der Waals surface area contributed by atoms with E-state index in [0.29, 0.717) is 10.1 Å². The van der Waals surface area contributed by atoms with Gasteiger partial charge in [-0.25, -0.2) is 0 Å². The molecule has 3 unspecified atom stereocenters. The third-order valence-electron chi connectivity index (χ3n) is 3.92. The normalized spacial score (nSPS) is 28.5. The summed E-state index contributed by atoms with van der Waals surface area (Å²) in [5, 5.41) is 0. The first-order chi connectivity index (χ1) is 8.44. The average Bonchev–Trinajstić information content (AvgIpc) is 2.91. The van der Waals surface area contributed by atoms with E-state index in [-0.39, 0.29) is 0 Å². The van der Waals surface area contributed by atoms with E-state index in [0.717, 1.165) is 12.8 Å². The molecule has 5 heteroatoms. The van der Waals surface area contributed by atoms with Crippen molar-refractivity contribution in [3.05, 3.63) is 0 Å². The SMILES string of the molecule is CCCCCC1[CH]([Sn]([CH3])([CH3])[CH3])N1S(=O)(=O)C(C)(C)C. The summed E-state index contributed by atoms with van der Waals surface area (Å²) < 4.78 is 26.9. The summed E-state index contributed by atoms with van der Waals surface area (Å²) in [5.41, 5.74) is 0. The summed E-state index contributed by atoms with van der Waals surface area (Å²) in [5.74, 6) is 0. The molecular formula is C14H31NO2SSn. The predicted molar refractivity (Wildman–Crippen MR) is 85.6 cm³/mol. The molecule has 1 heterocycles. The first-order valence-corrected chi connectivity index (χ1v) is 19.1. The molecule has 19 heavy (non-hydrogen) atoms. The molecule has 1 fully saturated rings. The van der Waals surface area contributed by atoms with Gasteiger partial charge in [0.15, 0.2) is 0 Å². The zero-order valence-electron chi connectivity index (χ0n) is 13.7. The molecule has 0 spiro atoms. The van der Waals surface area contributed by atoms with Crippen molar-refractivity contribution < 1.29 is 8.42 Å². The Labute approximate surface area is 124 Å². The van der Waals surface area contributed by atoms with Gasteiger partial charge in [-0.1, -0.05) is 0 Å². The van der Waals surface area contributed by atoms with Crippen LogP contribution < -0.4 is 0 Å². The zero-order valence-corrected chi connectivity index (χ0v) is 17.3. The van der Waals surface area contributed by atoms with Gasteiger partial charge >= 0.3 is 124 Å². The van der Waals surface area contributed by atoms with Gasteiger partial charge in [-0.05, 0) is 0 Å². The molecule has 0 aromatic carbocycles. The van der Waals surface area contributed by atoms with Gasteiger partial charge in [0.1, 0.15) is 0 Å². The number of hydrogen-bond donors (Lipinski definition) is 0. The molecule has 3 atom stereocenters. The number of rotatable bonds is 6. The van der Waals surface area contributed by atoms with E-state index in [4.69, 9.17) is 0 Å². The van der Waals surface area contributed by atoms with E-state index < -0.39 is 33.1 Å². The minimum atomic E-state index is -3.14. The van der Waals surface area contributed by atoms with E-state index >= 15 is 0 Å². The molecule has 1 aliphatic rings. The summed E-state index contributed by atoms with van der Waals surface area (Å²) in [6.45, 7) is 7.65. The molecule has 0 amide bonds. The summed E-state index contributed by atoms with van der Waals surface area (Å²) in [7, 11) is -3.14. The summed E-state index contributed by atoms with van der Waals surface area (Å²) in [4.78, 5) is 7.05. The Morgan fingerprint density at radius 1 is 1.11 bits per heavy atom. The molecule has 1 aliphatic heterocycles. The summed E-state index contributed by atoms with van der Waals surface area (Å²) >= 11 is -2.21. The van der Waals surface area contributed by atoms with Gasteiger partial charge in [0.05, 0.1) is 0 Å². The Hall–Kier alpha value is 0.709. The standard InChI is InChI=1S/C11H22NO2S.3CH3.Sn/c1-5-6-7-8-10-9-12(10)15(13,14)11(2,3)4;;;;/h9-10H,5-8H2,1-4H3;3*1H3;. The molecule has 1 saturated heterocycles. The molecule has 114 valence electrons. The van der Waals surface area contributed by atoms with Crippen molar-refractivity contribution in [2.45, 2.75) is 83.0 Å². The van der Waals surface area contributed by atoms with Gasteiger partial charge in [0.25, 0.3) is 0 Å². The fraction of sp³-hybridized carbons (Fsp3) is 1.00. The van der Waals surface area contributed by atoms with Gasteiger partial charge in [-0.2, -0.15) is 0 Å². The second-order valence-electron chi connectivity index (χ2n) is 7.82. The summed E-state index contributed by atoms with van der Waals surface area (Å²) in [6.07, 6.45) is 4.63. The third kappa shape index (κ3) is 3.88. The fourth-order valence-corrected chi connectivity index (χ4v) is 14.7. The van der Waals surface area contributed by atoms with Crippen LogP contribution in [0.15, 0.2) is 0 Å². The molecule has 0 aliphatic carbocycles. The zero-order chi connectivity index (χ0) is 15.1. The molecule has 0 N–H and O–H groups in total. The van der Waals surface area contributed by atoms with Gasteiger partial charge < -0.3 is 0 Å². The summed E-state index contributed by atoms with van der Waals surface area (Å²) in [6, 6.07) is 0.312. The van der Waals surface area contributed by atoms with E-state index in [1.165, 1.54) is 12.8 Å². The molecule has 0 bridgehead atoms. The van der Waals surface area contributed by atoms with Crippen molar-refractivity contribution in [1.29, 1.82) is 0 Å². The van der Waals surface area contributed by atoms with Crippen molar-refractivity contribution in [3.63, 3.8) is 0 Å². The van der Waals surface area contributed by atoms with Crippen molar-refractivity contribution in [3.8, 4) is 0 Å². The number of unbranched alkanes of at least 4 members (excludes halogenated alkanes) is 2. The molecule has 0 radical (unpaired) electrons. The van der Waals surface area contributed by atoms with Crippen LogP contribution in [-0.4, -0.2) is 45.9 Å². The van der Waals surface area contributed by atoms with Crippen LogP contribution in [0.3, 0.4) is 0 Å². The Morgan fingerprint density at radius 2 is 1.63 bits per heavy atom. The fourth-order valence-electron chi connectivity index (χ4n) is 2.75. The van der Waals surface area contributed by atoms with Crippen molar-refractivity contribution in [2.75, 3.05) is 0 Å². The van der Waals surface area contributed by atoms with Crippen LogP contribution in [0.25, 0.3) is 0 Å². The van der Waals surface area contributed by atoms with Crippen LogP contribution in [0.2, 0.25) is 14.8 Å². The van der Waals surface area contributed by atoms with E-state index in [1.807, 2.05) is 25.1 Å². The van der Waals surface area contributed by atoms with Crippen LogP contribution in [0.1, 0.15) is 53.4 Å². The molecule has 3 nitrogen and oxygen atoms in total. The molecule has 0 aromatic rings. The van der Waals surface area contributed by atoms with Crippen LogP contribution in [0, 0.1) is 0 Å². The second kappa shape index (κ2) is 5.84. The topological polar surface area (TPSA) is 37.1 Å². The molecule has 1 rings (SSSR count). The Morgan fingerprint density at radius 3 is 2.00 bits per heavy atom. The first-order valence-electron chi connectivity index (χ1n) is 7.47. The number of nitrogens with zero attached hydrogens (tertiary/aromatic N) is 1. The van der Waals surface area contributed by atoms with Crippen LogP contribution in [0.4, 0.5) is 0 Å². The quantitative estimate of drug-likeness (QED) is 0.391. The number of hydrogen-bond acceptors (Lipinski definition) is 2. The third-order valence-corrected chi connectivity index (χ3v) is 14.0. The van der Waals surface area contributed by atoms with E-state index in [9.17, 15) is 8.42 Å². The van der Waals surface area contributed by atoms with Gasteiger partial charge in [-0.3, -0.25) is 0 Å². The minimum absolute atomic E-state index is 0.312. The Balaban J connectivity index is 2.87. The average molecular weight is 396 g/mol. The van der Waals surface area contributed by atoms with Crippen molar-refractivity contribution >= 4 is 28.4 Å². The predicted octanol–water partition coefficient (Wildman–Crippen LogP) is 3.63. The number of sulfonamides is 1. The van der Waals surface area contributed by atoms with Gasteiger partial charge in [0, 0.05) is 0 Å². The van der Waals surface area contributed by atoms with Crippen LogP contribution in [-0.2, 0) is 10.0 Å². The maximum atomic E-state index is 12.7. The monoisotopic (exact) mass is 397 g/mol. The van der Waals surface area contributed by atoms with Crippen LogP contribution in [0.5, 0.6) is 0 Å². The van der Waals surface area contributed by atoms with Crippen molar-refractivity contribution in [1.82, 2.24) is 4.31 Å². The Kier molecular flexibility index (Phi) is 5.45. The van der Waals surface area contributed by atoms with Gasteiger partial charge in [0.2, 0.25) is 0 Å². The Bertz CT molecular complexity index is 406. The van der Waals surface area contributed by atoms with Crippen LogP contribution >= 0.6 is 0 Å². The molecule has 0 aromatic heterocycles. The van der Waals surface area contributed by atoms with E-state index in [1.54, 1.807) is 0 Å².